The van der Waals surface area contributed by atoms with E-state index in [1.165, 1.54) is 114 Å². The molecule has 4 aliphatic carbocycles. The second-order valence-corrected chi connectivity index (χ2v) is 20.0. The maximum Gasteiger partial charge on any atom is 0.0468 e. The smallest absolute Gasteiger partial charge is 0.0468 e. The van der Waals surface area contributed by atoms with Crippen molar-refractivity contribution >= 4 is 55.7 Å². The first-order valence-electron chi connectivity index (χ1n) is 24.8. The molecule has 2 unspecified atom stereocenters. The Labute approximate surface area is 399 Å². The van der Waals surface area contributed by atoms with Gasteiger partial charge in [0.1, 0.15) is 0 Å². The van der Waals surface area contributed by atoms with E-state index in [0.717, 1.165) is 37.1 Å². The Balaban J connectivity index is 0.832. The lowest BCUT2D eigenvalue weighted by Gasteiger charge is -2.30. The summed E-state index contributed by atoms with van der Waals surface area (Å²) in [7, 11) is 0. The predicted octanol–water partition coefficient (Wildman–Crippen LogP) is 17.0. The summed E-state index contributed by atoms with van der Waals surface area (Å²) in [5.41, 5.74) is 21.8. The molecule has 2 nitrogen and oxygen atoms in total. The predicted molar refractivity (Wildman–Crippen MR) is 284 cm³/mol. The molecule has 326 valence electrons. The van der Waals surface area contributed by atoms with Crippen molar-refractivity contribution < 1.29 is 0 Å². The van der Waals surface area contributed by atoms with E-state index >= 15 is 0 Å². The van der Waals surface area contributed by atoms with Gasteiger partial charge in [-0.05, 0) is 201 Å². The van der Waals surface area contributed by atoms with Crippen LogP contribution in [0.4, 0.5) is 34.1 Å². The SMILES string of the molecule is c1ccc2c(c1)CCC21CCc2ccc(N(c3ccc(-c4ccc(N(c5ccc6c(c5)C5(CCc7ccccc75)CC6)c5ccc6ccccc6c5)cc4)cc3)c3ccc4ccccc4c3)cc21. The third kappa shape index (κ3) is 6.16. The highest BCUT2D eigenvalue weighted by Crippen LogP contribution is 2.55. The minimum absolute atomic E-state index is 0.0990. The van der Waals surface area contributed by atoms with Crippen LogP contribution in [-0.2, 0) is 36.5 Å². The summed E-state index contributed by atoms with van der Waals surface area (Å²) in [6, 6.07) is 82.7. The molecule has 14 rings (SSSR count). The third-order valence-electron chi connectivity index (χ3n) is 16.7. The van der Waals surface area contributed by atoms with Crippen molar-refractivity contribution in [2.45, 2.75) is 62.2 Å². The normalized spacial score (nSPS) is 18.5. The van der Waals surface area contributed by atoms with Crippen molar-refractivity contribution in [2.24, 2.45) is 0 Å². The first kappa shape index (κ1) is 39.5. The number of hydrogen-bond donors (Lipinski definition) is 0. The minimum atomic E-state index is 0.0990. The van der Waals surface area contributed by atoms with Gasteiger partial charge in [0, 0.05) is 45.0 Å². The van der Waals surface area contributed by atoms with Gasteiger partial charge in [-0.2, -0.15) is 0 Å². The van der Waals surface area contributed by atoms with Crippen LogP contribution in [0.2, 0.25) is 0 Å². The Morgan fingerprint density at radius 2 is 0.574 bits per heavy atom. The summed E-state index contributed by atoms with van der Waals surface area (Å²) in [5, 5.41) is 5.00. The monoisotopic (exact) mass is 872 g/mol. The van der Waals surface area contributed by atoms with Crippen molar-refractivity contribution in [1.82, 2.24) is 0 Å². The van der Waals surface area contributed by atoms with Crippen molar-refractivity contribution in [2.75, 3.05) is 9.80 Å². The molecule has 4 aliphatic rings. The molecule has 0 aliphatic heterocycles. The number of benzene rings is 10. The molecular formula is C66H52N2. The summed E-state index contributed by atoms with van der Waals surface area (Å²) in [6.45, 7) is 0. The Hall–Kier alpha value is -7.68. The van der Waals surface area contributed by atoms with Crippen LogP contribution >= 0.6 is 0 Å². The number of rotatable bonds is 7. The molecule has 0 saturated heterocycles. The topological polar surface area (TPSA) is 6.48 Å². The molecule has 10 aromatic rings. The largest absolute Gasteiger partial charge is 0.310 e. The zero-order valence-corrected chi connectivity index (χ0v) is 38.3. The quantitative estimate of drug-likeness (QED) is 0.157. The minimum Gasteiger partial charge on any atom is -0.310 e. The molecule has 2 atom stereocenters. The maximum absolute atomic E-state index is 2.53. The van der Waals surface area contributed by atoms with Gasteiger partial charge >= 0.3 is 0 Å². The van der Waals surface area contributed by atoms with Gasteiger partial charge in [-0.25, -0.2) is 0 Å². The van der Waals surface area contributed by atoms with Crippen LogP contribution in [0.25, 0.3) is 32.7 Å². The molecule has 0 bridgehead atoms. The lowest BCUT2D eigenvalue weighted by atomic mass is 9.76. The zero-order chi connectivity index (χ0) is 44.8. The highest BCUT2D eigenvalue weighted by atomic mass is 15.1. The first-order valence-corrected chi connectivity index (χ1v) is 24.8. The Kier molecular flexibility index (Phi) is 8.96. The van der Waals surface area contributed by atoms with Crippen LogP contribution in [0.15, 0.2) is 218 Å². The average molecular weight is 873 g/mol. The molecule has 0 heterocycles. The van der Waals surface area contributed by atoms with Gasteiger partial charge in [-0.1, -0.05) is 146 Å². The van der Waals surface area contributed by atoms with E-state index in [1.807, 2.05) is 0 Å². The lowest BCUT2D eigenvalue weighted by molar-refractivity contribution is 0.507. The van der Waals surface area contributed by atoms with Crippen molar-refractivity contribution in [1.29, 1.82) is 0 Å². The zero-order valence-electron chi connectivity index (χ0n) is 38.3. The van der Waals surface area contributed by atoms with Gasteiger partial charge in [0.15, 0.2) is 0 Å². The fourth-order valence-electron chi connectivity index (χ4n) is 13.3. The van der Waals surface area contributed by atoms with Crippen LogP contribution < -0.4 is 9.80 Å². The van der Waals surface area contributed by atoms with Crippen LogP contribution in [0.3, 0.4) is 0 Å². The summed E-state index contributed by atoms with van der Waals surface area (Å²) in [4.78, 5) is 4.94. The van der Waals surface area contributed by atoms with Crippen LogP contribution in [0, 0.1) is 0 Å². The molecule has 10 aromatic carbocycles. The standard InChI is InChI=1S/C66H52N2/c1-3-13-53-41-57(29-21-45(53)9-1)67(59-31-23-51-35-39-65(63(51)43-59)37-33-49-11-5-7-15-61(49)65)55-25-17-47(18-26-55)48-19-27-56(28-20-48)68(58-30-22-46-10-2-4-14-54(46)42-58)60-32-24-52-36-40-66(64(52)44-60)38-34-50-12-6-8-16-62(50)66/h1-32,41-44H,33-40H2. The lowest BCUT2D eigenvalue weighted by Crippen LogP contribution is -2.21. The Morgan fingerprint density at radius 1 is 0.250 bits per heavy atom. The molecule has 0 amide bonds. The van der Waals surface area contributed by atoms with E-state index in [9.17, 15) is 0 Å². The molecule has 2 heteroatoms. The molecule has 0 saturated carbocycles. The van der Waals surface area contributed by atoms with Crippen molar-refractivity contribution in [3.8, 4) is 11.1 Å². The van der Waals surface area contributed by atoms with E-state index < -0.39 is 0 Å². The molecule has 0 N–H and O–H groups in total. The summed E-state index contributed by atoms with van der Waals surface area (Å²) in [5.74, 6) is 0. The van der Waals surface area contributed by atoms with Gasteiger partial charge in [0.05, 0.1) is 0 Å². The summed E-state index contributed by atoms with van der Waals surface area (Å²) >= 11 is 0. The Morgan fingerprint density at radius 3 is 1.00 bits per heavy atom. The number of aryl methyl sites for hydroxylation is 4. The molecule has 0 fully saturated rings. The van der Waals surface area contributed by atoms with Gasteiger partial charge in [-0.3, -0.25) is 0 Å². The number of nitrogens with zero attached hydrogens (tertiary/aromatic N) is 2. The van der Waals surface area contributed by atoms with Gasteiger partial charge in [0.2, 0.25) is 0 Å². The summed E-state index contributed by atoms with van der Waals surface area (Å²) < 4.78 is 0. The second kappa shape index (κ2) is 15.4. The number of hydrogen-bond acceptors (Lipinski definition) is 2. The summed E-state index contributed by atoms with van der Waals surface area (Å²) in [6.07, 6.45) is 9.34. The van der Waals surface area contributed by atoms with E-state index in [-0.39, 0.29) is 10.8 Å². The molecule has 2 spiro atoms. The number of fused-ring (bicyclic) bond motifs is 10. The van der Waals surface area contributed by atoms with Gasteiger partial charge in [0.25, 0.3) is 0 Å². The van der Waals surface area contributed by atoms with Crippen LogP contribution in [0.5, 0.6) is 0 Å². The molecule has 68 heavy (non-hydrogen) atoms. The maximum atomic E-state index is 2.53. The van der Waals surface area contributed by atoms with Gasteiger partial charge in [-0.15, -0.1) is 0 Å². The van der Waals surface area contributed by atoms with Crippen molar-refractivity contribution in [3.05, 3.63) is 263 Å². The fraction of sp³-hybridized carbons (Fsp3) is 0.152. The Bertz CT molecular complexity index is 3360. The second-order valence-electron chi connectivity index (χ2n) is 20.0. The molecular weight excluding hydrogens is 821 g/mol. The fourth-order valence-corrected chi connectivity index (χ4v) is 13.3. The third-order valence-corrected chi connectivity index (χ3v) is 16.7. The number of anilines is 6. The van der Waals surface area contributed by atoms with Crippen LogP contribution in [0.1, 0.15) is 70.2 Å². The first-order chi connectivity index (χ1) is 33.6. The van der Waals surface area contributed by atoms with E-state index in [0.29, 0.717) is 0 Å². The molecule has 0 radical (unpaired) electrons. The van der Waals surface area contributed by atoms with E-state index in [4.69, 9.17) is 0 Å². The average Bonchev–Trinajstić information content (AvgIpc) is 4.18. The highest BCUT2D eigenvalue weighted by Gasteiger charge is 2.46. The van der Waals surface area contributed by atoms with E-state index in [1.54, 1.807) is 11.1 Å². The highest BCUT2D eigenvalue weighted by molar-refractivity contribution is 5.91. The van der Waals surface area contributed by atoms with Gasteiger partial charge < -0.3 is 9.80 Å². The van der Waals surface area contributed by atoms with E-state index in [2.05, 4.69) is 228 Å². The van der Waals surface area contributed by atoms with Crippen LogP contribution in [-0.4, -0.2) is 0 Å². The molecule has 0 aromatic heterocycles. The van der Waals surface area contributed by atoms with Crippen molar-refractivity contribution in [3.63, 3.8) is 0 Å².